The van der Waals surface area contributed by atoms with Gasteiger partial charge in [0.25, 0.3) is 0 Å². The van der Waals surface area contributed by atoms with Crippen molar-refractivity contribution < 1.29 is 14.3 Å². The van der Waals surface area contributed by atoms with Crippen LogP contribution in [0, 0.1) is 0 Å². The van der Waals surface area contributed by atoms with Crippen LogP contribution < -0.4 is 0 Å². The minimum atomic E-state index is -0.597. The Morgan fingerprint density at radius 2 is 1.62 bits per heavy atom. The molecule has 32 heavy (non-hydrogen) atoms. The van der Waals surface area contributed by atoms with Crippen molar-refractivity contribution in [1.82, 2.24) is 4.90 Å². The molecule has 2 rings (SSSR count). The summed E-state index contributed by atoms with van der Waals surface area (Å²) in [6.07, 6.45) is 11.1. The minimum absolute atomic E-state index is 0.0601. The zero-order valence-corrected chi connectivity index (χ0v) is 20.1. The number of hydrogen-bond acceptors (Lipinski definition) is 4. The van der Waals surface area contributed by atoms with Crippen molar-refractivity contribution >= 4 is 23.6 Å². The SMILES string of the molecule is CCCCCC/C=C/C(=O)[C@H](Cc1ccccc1)N(CSC)C(=O)OCc1ccccc1. The largest absolute Gasteiger partial charge is 0.445 e. The molecule has 5 heteroatoms. The van der Waals surface area contributed by atoms with Crippen LogP contribution >= 0.6 is 11.8 Å². The number of benzene rings is 2. The lowest BCUT2D eigenvalue weighted by Crippen LogP contribution is -2.46. The van der Waals surface area contributed by atoms with E-state index in [1.807, 2.05) is 73.0 Å². The second-order valence-corrected chi connectivity index (χ2v) is 8.62. The van der Waals surface area contributed by atoms with Crippen molar-refractivity contribution in [3.8, 4) is 0 Å². The third-order valence-electron chi connectivity index (χ3n) is 5.19. The standard InChI is InChI=1S/C27H35NO3S/c1-3-4-5-6-7-14-19-26(29)25(20-23-15-10-8-11-16-23)28(22-32-2)27(30)31-21-24-17-12-9-13-18-24/h8-19,25H,3-7,20-22H2,1-2H3/b19-14+/t25-/m0/s1. The van der Waals surface area contributed by atoms with Crippen LogP contribution in [-0.2, 0) is 22.6 Å². The minimum Gasteiger partial charge on any atom is -0.445 e. The lowest BCUT2D eigenvalue weighted by Gasteiger charge is -2.29. The normalized spacial score (nSPS) is 11.9. The van der Waals surface area contributed by atoms with Gasteiger partial charge in [-0.2, -0.15) is 0 Å². The fourth-order valence-corrected chi connectivity index (χ4v) is 3.98. The van der Waals surface area contributed by atoms with E-state index in [0.717, 1.165) is 24.0 Å². The van der Waals surface area contributed by atoms with E-state index in [9.17, 15) is 9.59 Å². The van der Waals surface area contributed by atoms with Gasteiger partial charge >= 0.3 is 6.09 Å². The molecule has 1 amide bonds. The molecule has 0 fully saturated rings. The molecule has 0 bridgehead atoms. The van der Waals surface area contributed by atoms with Gasteiger partial charge in [0.15, 0.2) is 5.78 Å². The quantitative estimate of drug-likeness (QED) is 0.182. The first-order chi connectivity index (χ1) is 15.7. The highest BCUT2D eigenvalue weighted by Gasteiger charge is 2.29. The number of carbonyl (C=O) groups excluding carboxylic acids is 2. The highest BCUT2D eigenvalue weighted by Crippen LogP contribution is 2.17. The zero-order valence-electron chi connectivity index (χ0n) is 19.2. The number of thioether (sulfide) groups is 1. The molecule has 2 aromatic carbocycles. The summed E-state index contributed by atoms with van der Waals surface area (Å²) in [6.45, 7) is 2.37. The van der Waals surface area contributed by atoms with E-state index in [4.69, 9.17) is 4.74 Å². The average molecular weight is 454 g/mol. The molecule has 0 aliphatic carbocycles. The molecular weight excluding hydrogens is 418 g/mol. The van der Waals surface area contributed by atoms with E-state index in [0.29, 0.717) is 12.3 Å². The predicted molar refractivity (Wildman–Crippen MR) is 134 cm³/mol. The zero-order chi connectivity index (χ0) is 23.0. The van der Waals surface area contributed by atoms with E-state index < -0.39 is 12.1 Å². The fourth-order valence-electron chi connectivity index (χ4n) is 3.41. The summed E-state index contributed by atoms with van der Waals surface area (Å²) in [5.74, 6) is 0.330. The van der Waals surface area contributed by atoms with Crippen LogP contribution in [-0.4, -0.2) is 35.0 Å². The number of hydrogen-bond donors (Lipinski definition) is 0. The first-order valence-electron chi connectivity index (χ1n) is 11.4. The summed E-state index contributed by atoms with van der Waals surface area (Å²) in [5.41, 5.74) is 1.94. The van der Waals surface area contributed by atoms with Gasteiger partial charge in [0.2, 0.25) is 0 Å². The molecule has 0 aliphatic rings. The summed E-state index contributed by atoms with van der Waals surface area (Å²) < 4.78 is 5.58. The van der Waals surface area contributed by atoms with Crippen LogP contribution in [0.1, 0.15) is 50.2 Å². The maximum atomic E-state index is 13.2. The molecule has 0 saturated carbocycles. The maximum absolute atomic E-state index is 13.2. The van der Waals surface area contributed by atoms with Gasteiger partial charge in [-0.1, -0.05) is 92.9 Å². The van der Waals surface area contributed by atoms with Crippen molar-refractivity contribution in [2.75, 3.05) is 12.1 Å². The maximum Gasteiger partial charge on any atom is 0.411 e. The molecule has 0 radical (unpaired) electrons. The van der Waals surface area contributed by atoms with Crippen LogP contribution in [0.4, 0.5) is 4.79 Å². The molecule has 1 atom stereocenters. The fraction of sp³-hybridized carbons (Fsp3) is 0.407. The number of amides is 1. The molecule has 0 N–H and O–H groups in total. The van der Waals surface area contributed by atoms with Gasteiger partial charge in [-0.25, -0.2) is 4.79 Å². The number of allylic oxidation sites excluding steroid dienone is 1. The van der Waals surface area contributed by atoms with Gasteiger partial charge < -0.3 is 4.74 Å². The number of rotatable bonds is 14. The van der Waals surface area contributed by atoms with Crippen LogP contribution in [0.25, 0.3) is 0 Å². The second kappa shape index (κ2) is 15.3. The monoisotopic (exact) mass is 453 g/mol. The van der Waals surface area contributed by atoms with Crippen molar-refractivity contribution in [3.63, 3.8) is 0 Å². The number of ether oxygens (including phenoxy) is 1. The van der Waals surface area contributed by atoms with Crippen molar-refractivity contribution in [3.05, 3.63) is 83.9 Å². The molecular formula is C27H35NO3S. The Morgan fingerprint density at radius 1 is 0.969 bits per heavy atom. The van der Waals surface area contributed by atoms with Crippen LogP contribution in [0.5, 0.6) is 0 Å². The van der Waals surface area contributed by atoms with E-state index in [2.05, 4.69) is 6.92 Å². The van der Waals surface area contributed by atoms with Crippen molar-refractivity contribution in [1.29, 1.82) is 0 Å². The number of unbranched alkanes of at least 4 members (excludes halogenated alkanes) is 4. The van der Waals surface area contributed by atoms with E-state index in [1.165, 1.54) is 31.0 Å². The smallest absolute Gasteiger partial charge is 0.411 e. The third-order valence-corrected chi connectivity index (χ3v) is 5.73. The summed E-state index contributed by atoms with van der Waals surface area (Å²) in [5, 5.41) is 0. The Labute approximate surface area is 197 Å². The van der Waals surface area contributed by atoms with Crippen LogP contribution in [0.2, 0.25) is 0 Å². The Bertz CT molecular complexity index is 823. The molecule has 0 aliphatic heterocycles. The highest BCUT2D eigenvalue weighted by atomic mass is 32.2. The molecule has 0 spiro atoms. The van der Waals surface area contributed by atoms with Gasteiger partial charge in [-0.3, -0.25) is 9.69 Å². The summed E-state index contributed by atoms with van der Waals surface area (Å²) in [6, 6.07) is 18.8. The van der Waals surface area contributed by atoms with Crippen LogP contribution in [0.15, 0.2) is 72.8 Å². The predicted octanol–water partition coefficient (Wildman–Crippen LogP) is 6.65. The molecule has 0 heterocycles. The van der Waals surface area contributed by atoms with Gasteiger partial charge in [0.05, 0.1) is 5.88 Å². The molecule has 0 unspecified atom stereocenters. The van der Waals surface area contributed by atoms with E-state index in [1.54, 1.807) is 11.0 Å². The topological polar surface area (TPSA) is 46.6 Å². The first kappa shape index (κ1) is 25.7. The van der Waals surface area contributed by atoms with Gasteiger partial charge in [0.1, 0.15) is 12.6 Å². The summed E-state index contributed by atoms with van der Waals surface area (Å²) in [7, 11) is 0. The summed E-state index contributed by atoms with van der Waals surface area (Å²) >= 11 is 1.50. The first-order valence-corrected chi connectivity index (χ1v) is 12.8. The van der Waals surface area contributed by atoms with Crippen molar-refractivity contribution in [2.24, 2.45) is 0 Å². The summed E-state index contributed by atoms with van der Waals surface area (Å²) in [4.78, 5) is 27.8. The third kappa shape index (κ3) is 9.31. The van der Waals surface area contributed by atoms with E-state index in [-0.39, 0.29) is 12.4 Å². The lowest BCUT2D eigenvalue weighted by atomic mass is 10.0. The number of carbonyl (C=O) groups is 2. The average Bonchev–Trinajstić information content (AvgIpc) is 2.83. The van der Waals surface area contributed by atoms with Crippen LogP contribution in [0.3, 0.4) is 0 Å². The number of nitrogens with zero attached hydrogens (tertiary/aromatic N) is 1. The highest BCUT2D eigenvalue weighted by molar-refractivity contribution is 7.98. The Hall–Kier alpha value is -2.53. The molecule has 2 aromatic rings. The second-order valence-electron chi connectivity index (χ2n) is 7.79. The Morgan fingerprint density at radius 3 is 2.25 bits per heavy atom. The van der Waals surface area contributed by atoms with E-state index >= 15 is 0 Å². The number of ketones is 1. The molecule has 0 aromatic heterocycles. The van der Waals surface area contributed by atoms with Crippen molar-refractivity contribution in [2.45, 2.75) is 58.1 Å². The van der Waals surface area contributed by atoms with Gasteiger partial charge in [0, 0.05) is 6.42 Å². The molecule has 4 nitrogen and oxygen atoms in total. The Kier molecular flexibility index (Phi) is 12.3. The lowest BCUT2D eigenvalue weighted by molar-refractivity contribution is -0.119. The Balaban J connectivity index is 2.12. The molecule has 172 valence electrons. The van der Waals surface area contributed by atoms with Gasteiger partial charge in [-0.15, -0.1) is 11.8 Å². The van der Waals surface area contributed by atoms with Gasteiger partial charge in [-0.05, 0) is 36.3 Å². The molecule has 0 saturated heterocycles.